The summed E-state index contributed by atoms with van der Waals surface area (Å²) in [4.78, 5) is 12.1. The highest BCUT2D eigenvalue weighted by atomic mass is 16.7. The van der Waals surface area contributed by atoms with Crippen molar-refractivity contribution in [1.82, 2.24) is 0 Å². The Bertz CT molecular complexity index is 513. The Morgan fingerprint density at radius 2 is 1.39 bits per heavy atom. The number of esters is 1. The zero-order valence-corrected chi connectivity index (χ0v) is 17.5. The van der Waals surface area contributed by atoms with E-state index >= 15 is 0 Å². The highest BCUT2D eigenvalue weighted by molar-refractivity contribution is 5.86. The SMILES string of the molecule is CCCCCCCC1OC=C(COC(=O)C2=COC(CCCCCCC)O2)O1. The number of hydrogen-bond donors (Lipinski definition) is 0. The van der Waals surface area contributed by atoms with Crippen LogP contribution in [0.25, 0.3) is 0 Å². The second-order valence-electron chi connectivity index (χ2n) is 7.42. The van der Waals surface area contributed by atoms with E-state index in [-0.39, 0.29) is 24.9 Å². The van der Waals surface area contributed by atoms with Crippen molar-refractivity contribution in [2.45, 2.75) is 103 Å². The summed E-state index contributed by atoms with van der Waals surface area (Å²) in [5, 5.41) is 0. The molecule has 6 nitrogen and oxygen atoms in total. The molecular formula is C22H36O6. The van der Waals surface area contributed by atoms with Gasteiger partial charge in [0.05, 0.1) is 0 Å². The summed E-state index contributed by atoms with van der Waals surface area (Å²) in [5.74, 6) is 0.102. The van der Waals surface area contributed by atoms with Gasteiger partial charge in [-0.05, 0) is 12.8 Å². The summed E-state index contributed by atoms with van der Waals surface area (Å²) in [5.41, 5.74) is 0. The summed E-state index contributed by atoms with van der Waals surface area (Å²) >= 11 is 0. The van der Waals surface area contributed by atoms with Gasteiger partial charge in [-0.2, -0.15) is 0 Å². The van der Waals surface area contributed by atoms with E-state index in [0.717, 1.165) is 32.1 Å². The molecule has 0 aromatic rings. The van der Waals surface area contributed by atoms with Gasteiger partial charge in [-0.3, -0.25) is 0 Å². The first-order valence-corrected chi connectivity index (χ1v) is 10.9. The van der Waals surface area contributed by atoms with Gasteiger partial charge >= 0.3 is 5.97 Å². The van der Waals surface area contributed by atoms with Crippen molar-refractivity contribution in [3.05, 3.63) is 24.0 Å². The largest absolute Gasteiger partial charge is 0.459 e. The molecule has 0 bridgehead atoms. The lowest BCUT2D eigenvalue weighted by atomic mass is 10.1. The highest BCUT2D eigenvalue weighted by Gasteiger charge is 2.27. The molecule has 0 spiro atoms. The minimum Gasteiger partial charge on any atom is -0.459 e. The van der Waals surface area contributed by atoms with E-state index in [1.807, 2.05) is 0 Å². The Hall–Kier alpha value is -1.85. The molecule has 2 atom stereocenters. The molecule has 0 aromatic heterocycles. The van der Waals surface area contributed by atoms with Crippen molar-refractivity contribution in [3.8, 4) is 0 Å². The van der Waals surface area contributed by atoms with Crippen LogP contribution in [0.15, 0.2) is 24.0 Å². The Morgan fingerprint density at radius 3 is 2.04 bits per heavy atom. The molecule has 2 rings (SSSR count). The minimum absolute atomic E-state index is 0.0353. The topological polar surface area (TPSA) is 63.2 Å². The van der Waals surface area contributed by atoms with E-state index in [4.69, 9.17) is 23.7 Å². The number of ether oxygens (including phenoxy) is 5. The fourth-order valence-corrected chi connectivity index (χ4v) is 3.17. The molecule has 2 aliphatic heterocycles. The van der Waals surface area contributed by atoms with Crippen LogP contribution in [0.3, 0.4) is 0 Å². The predicted octanol–water partition coefficient (Wildman–Crippen LogP) is 5.68. The minimum atomic E-state index is -0.541. The van der Waals surface area contributed by atoms with Crippen LogP contribution < -0.4 is 0 Å². The molecule has 0 saturated carbocycles. The second kappa shape index (κ2) is 13.3. The van der Waals surface area contributed by atoms with Crippen molar-refractivity contribution < 1.29 is 28.5 Å². The van der Waals surface area contributed by atoms with Crippen LogP contribution in [0.5, 0.6) is 0 Å². The predicted molar refractivity (Wildman–Crippen MR) is 106 cm³/mol. The molecule has 2 aliphatic rings. The van der Waals surface area contributed by atoms with Gasteiger partial charge in [0.25, 0.3) is 0 Å². The lowest BCUT2D eigenvalue weighted by molar-refractivity contribution is -0.146. The molecule has 2 unspecified atom stereocenters. The molecule has 0 aliphatic carbocycles. The number of hydrogen-bond acceptors (Lipinski definition) is 6. The highest BCUT2D eigenvalue weighted by Crippen LogP contribution is 2.23. The first-order valence-electron chi connectivity index (χ1n) is 10.9. The fourth-order valence-electron chi connectivity index (χ4n) is 3.17. The molecule has 0 saturated heterocycles. The lowest BCUT2D eigenvalue weighted by Gasteiger charge is -2.12. The van der Waals surface area contributed by atoms with Gasteiger partial charge in [-0.1, -0.05) is 65.2 Å². The molecule has 28 heavy (non-hydrogen) atoms. The maximum absolute atomic E-state index is 12.1. The molecule has 160 valence electrons. The first-order chi connectivity index (χ1) is 13.7. The van der Waals surface area contributed by atoms with Crippen LogP contribution in [0, 0.1) is 0 Å². The summed E-state index contributed by atoms with van der Waals surface area (Å²) in [7, 11) is 0. The monoisotopic (exact) mass is 396 g/mol. The molecule has 0 amide bonds. The standard InChI is InChI=1S/C22H36O6/c1-3-5-7-9-11-13-20-24-15-18(27-20)16-26-22(23)19-17-25-21(28-19)14-12-10-8-6-4-2/h15,17,20-21H,3-14,16H2,1-2H3. The molecule has 2 heterocycles. The smallest absolute Gasteiger partial charge is 0.377 e. The van der Waals surface area contributed by atoms with Gasteiger partial charge in [0.15, 0.2) is 12.4 Å². The number of unbranched alkanes of at least 4 members (excludes halogenated alkanes) is 8. The van der Waals surface area contributed by atoms with E-state index in [1.165, 1.54) is 57.5 Å². The quantitative estimate of drug-likeness (QED) is 0.262. The van der Waals surface area contributed by atoms with Crippen LogP contribution in [-0.2, 0) is 28.5 Å². The average Bonchev–Trinajstić information content (AvgIpc) is 3.35. The van der Waals surface area contributed by atoms with E-state index in [2.05, 4.69) is 13.8 Å². The normalized spacial score (nSPS) is 20.5. The Labute approximate surface area is 169 Å². The Morgan fingerprint density at radius 1 is 0.821 bits per heavy atom. The summed E-state index contributed by atoms with van der Waals surface area (Å²) in [6, 6.07) is 0. The zero-order valence-electron chi connectivity index (χ0n) is 17.5. The zero-order chi connectivity index (χ0) is 20.0. The van der Waals surface area contributed by atoms with E-state index in [1.54, 1.807) is 0 Å². The van der Waals surface area contributed by atoms with Crippen LogP contribution in [0.1, 0.15) is 90.9 Å². The summed E-state index contributed by atoms with van der Waals surface area (Å²) in [6.07, 6.45) is 15.7. The fraction of sp³-hybridized carbons (Fsp3) is 0.773. The van der Waals surface area contributed by atoms with Gasteiger partial charge in [-0.15, -0.1) is 0 Å². The van der Waals surface area contributed by atoms with Gasteiger partial charge in [-0.25, -0.2) is 4.79 Å². The average molecular weight is 397 g/mol. The van der Waals surface area contributed by atoms with Gasteiger partial charge in [0.2, 0.25) is 18.3 Å². The van der Waals surface area contributed by atoms with Crippen molar-refractivity contribution in [3.63, 3.8) is 0 Å². The van der Waals surface area contributed by atoms with Crippen LogP contribution in [0.4, 0.5) is 0 Å². The summed E-state index contributed by atoms with van der Waals surface area (Å²) in [6.45, 7) is 4.43. The number of carbonyl (C=O) groups is 1. The Balaban J connectivity index is 1.53. The van der Waals surface area contributed by atoms with Crippen LogP contribution in [-0.4, -0.2) is 25.2 Å². The molecule has 6 heteroatoms. The third-order valence-electron chi connectivity index (χ3n) is 4.85. The van der Waals surface area contributed by atoms with Crippen LogP contribution in [0.2, 0.25) is 0 Å². The molecule has 0 N–H and O–H groups in total. The third-order valence-corrected chi connectivity index (χ3v) is 4.85. The molecule has 0 radical (unpaired) electrons. The maximum Gasteiger partial charge on any atom is 0.377 e. The van der Waals surface area contributed by atoms with Crippen molar-refractivity contribution >= 4 is 5.97 Å². The number of carbonyl (C=O) groups excluding carboxylic acids is 1. The third kappa shape index (κ3) is 8.44. The molecule has 0 aromatic carbocycles. The van der Waals surface area contributed by atoms with Gasteiger partial charge < -0.3 is 23.7 Å². The van der Waals surface area contributed by atoms with Gasteiger partial charge in [0.1, 0.15) is 12.5 Å². The van der Waals surface area contributed by atoms with Crippen molar-refractivity contribution in [2.24, 2.45) is 0 Å². The molecule has 0 fully saturated rings. The van der Waals surface area contributed by atoms with Crippen molar-refractivity contribution in [1.29, 1.82) is 0 Å². The second-order valence-corrected chi connectivity index (χ2v) is 7.42. The number of rotatable bonds is 15. The molecular weight excluding hydrogens is 360 g/mol. The first kappa shape index (κ1) is 22.4. The van der Waals surface area contributed by atoms with E-state index in [0.29, 0.717) is 5.76 Å². The van der Waals surface area contributed by atoms with Gasteiger partial charge in [0, 0.05) is 12.8 Å². The van der Waals surface area contributed by atoms with E-state index in [9.17, 15) is 4.79 Å². The maximum atomic E-state index is 12.1. The van der Waals surface area contributed by atoms with Crippen molar-refractivity contribution in [2.75, 3.05) is 6.61 Å². The van der Waals surface area contributed by atoms with Crippen LogP contribution >= 0.6 is 0 Å². The lowest BCUT2D eigenvalue weighted by Crippen LogP contribution is -2.15. The van der Waals surface area contributed by atoms with E-state index < -0.39 is 5.97 Å². The summed E-state index contributed by atoms with van der Waals surface area (Å²) < 4.78 is 27.3. The Kier molecular flexibility index (Phi) is 10.7.